The number of carbonyl (C=O) groups is 2. The van der Waals surface area contributed by atoms with Crippen LogP contribution in [0, 0.1) is 5.92 Å². The molecule has 2 aliphatic rings. The maximum absolute atomic E-state index is 13.2. The summed E-state index contributed by atoms with van der Waals surface area (Å²) in [5, 5.41) is 0. The molecule has 0 bridgehead atoms. The van der Waals surface area contributed by atoms with Crippen molar-refractivity contribution in [3.05, 3.63) is 60.2 Å². The van der Waals surface area contributed by atoms with Crippen LogP contribution in [0.25, 0.3) is 0 Å². The van der Waals surface area contributed by atoms with E-state index in [0.29, 0.717) is 26.1 Å². The van der Waals surface area contributed by atoms with Crippen LogP contribution in [0.1, 0.15) is 31.2 Å². The highest BCUT2D eigenvalue weighted by Crippen LogP contribution is 2.29. The number of anilines is 1. The van der Waals surface area contributed by atoms with Crippen LogP contribution in [-0.2, 0) is 16.1 Å². The topological polar surface area (TPSA) is 53.1 Å². The van der Waals surface area contributed by atoms with Crippen molar-refractivity contribution in [3.63, 3.8) is 0 Å². The monoisotopic (exact) mass is 435 g/mol. The van der Waals surface area contributed by atoms with Crippen molar-refractivity contribution in [1.29, 1.82) is 0 Å². The van der Waals surface area contributed by atoms with E-state index in [2.05, 4.69) is 23.1 Å². The third-order valence-corrected chi connectivity index (χ3v) is 6.59. The number of piperazine rings is 1. The third kappa shape index (κ3) is 5.23. The van der Waals surface area contributed by atoms with Crippen LogP contribution in [0.3, 0.4) is 0 Å². The van der Waals surface area contributed by atoms with E-state index < -0.39 is 0 Å². The summed E-state index contributed by atoms with van der Waals surface area (Å²) in [6.45, 7) is 4.28. The average Bonchev–Trinajstić information content (AvgIpc) is 3.01. The van der Waals surface area contributed by atoms with Crippen molar-refractivity contribution in [2.24, 2.45) is 5.92 Å². The second-order valence-corrected chi connectivity index (χ2v) is 8.68. The lowest BCUT2D eigenvalue weighted by Crippen LogP contribution is -2.49. The molecule has 2 aromatic rings. The highest BCUT2D eigenvalue weighted by Gasteiger charge is 2.31. The van der Waals surface area contributed by atoms with Crippen molar-refractivity contribution >= 4 is 17.5 Å². The smallest absolute Gasteiger partial charge is 0.226 e. The average molecular weight is 436 g/mol. The van der Waals surface area contributed by atoms with Gasteiger partial charge in [0.05, 0.1) is 12.8 Å². The molecule has 0 saturated carbocycles. The number of nitrogens with zero attached hydrogens (tertiary/aromatic N) is 3. The van der Waals surface area contributed by atoms with E-state index >= 15 is 0 Å². The quantitative estimate of drug-likeness (QED) is 0.696. The minimum atomic E-state index is -0.207. The van der Waals surface area contributed by atoms with Crippen molar-refractivity contribution in [3.8, 4) is 5.75 Å². The Morgan fingerprint density at radius 2 is 1.66 bits per heavy atom. The molecule has 0 radical (unpaired) electrons. The van der Waals surface area contributed by atoms with Gasteiger partial charge in [-0.15, -0.1) is 0 Å². The predicted octanol–water partition coefficient (Wildman–Crippen LogP) is 3.56. The Kier molecular flexibility index (Phi) is 7.30. The molecule has 6 nitrogen and oxygen atoms in total. The molecule has 0 aromatic heterocycles. The minimum Gasteiger partial charge on any atom is -0.495 e. The van der Waals surface area contributed by atoms with E-state index in [1.165, 1.54) is 0 Å². The highest BCUT2D eigenvalue weighted by atomic mass is 16.5. The first-order valence-electron chi connectivity index (χ1n) is 11.6. The Morgan fingerprint density at radius 1 is 0.938 bits per heavy atom. The van der Waals surface area contributed by atoms with Gasteiger partial charge in [0.2, 0.25) is 11.8 Å². The molecule has 2 fully saturated rings. The fourth-order valence-electron chi connectivity index (χ4n) is 4.76. The van der Waals surface area contributed by atoms with Gasteiger partial charge in [0.15, 0.2) is 0 Å². The first kappa shape index (κ1) is 22.2. The molecule has 1 atom stereocenters. The second-order valence-electron chi connectivity index (χ2n) is 8.68. The molecule has 2 amide bonds. The molecule has 0 aliphatic carbocycles. The summed E-state index contributed by atoms with van der Waals surface area (Å²) in [5.41, 5.74) is 2.21. The van der Waals surface area contributed by atoms with Crippen LogP contribution in [0.2, 0.25) is 0 Å². The number of likely N-dealkylation sites (tertiary alicyclic amines) is 1. The third-order valence-electron chi connectivity index (χ3n) is 6.59. The molecule has 0 N–H and O–H groups in total. The van der Waals surface area contributed by atoms with Gasteiger partial charge in [-0.1, -0.05) is 48.9 Å². The number of carbonyl (C=O) groups excluding carboxylic acids is 2. The molecular weight excluding hydrogens is 402 g/mol. The Hall–Kier alpha value is -3.02. The fourth-order valence-corrected chi connectivity index (χ4v) is 4.76. The zero-order valence-electron chi connectivity index (χ0n) is 18.9. The Balaban J connectivity index is 1.33. The van der Waals surface area contributed by atoms with Gasteiger partial charge in [-0.3, -0.25) is 9.59 Å². The van der Waals surface area contributed by atoms with E-state index in [1.807, 2.05) is 46.2 Å². The lowest BCUT2D eigenvalue weighted by atomic mass is 9.97. The van der Waals surface area contributed by atoms with E-state index in [1.54, 1.807) is 7.11 Å². The maximum Gasteiger partial charge on any atom is 0.226 e. The normalized spacial score (nSPS) is 19.6. The van der Waals surface area contributed by atoms with Gasteiger partial charge in [-0.05, 0) is 30.5 Å². The molecule has 6 heteroatoms. The number of benzene rings is 2. The molecule has 0 unspecified atom stereocenters. The molecule has 2 aromatic carbocycles. The molecule has 32 heavy (non-hydrogen) atoms. The number of rotatable bonds is 6. The summed E-state index contributed by atoms with van der Waals surface area (Å²) in [6.07, 6.45) is 3.12. The molecule has 2 aliphatic heterocycles. The molecule has 0 spiro atoms. The number of ether oxygens (including phenoxy) is 1. The first-order valence-corrected chi connectivity index (χ1v) is 11.6. The van der Waals surface area contributed by atoms with E-state index in [9.17, 15) is 9.59 Å². The standard InChI is InChI=1S/C26H33N3O3/c1-32-24-13-6-5-12-23(24)27-15-17-28(18-16-27)25(30)19-22-11-7-8-14-29(26(22)31)20-21-9-3-2-4-10-21/h2-6,9-10,12-13,22H,7-8,11,14-20H2,1H3/t22-/m1/s1. The Bertz CT molecular complexity index is 910. The van der Waals surface area contributed by atoms with Crippen LogP contribution in [0.5, 0.6) is 5.75 Å². The summed E-state index contributed by atoms with van der Waals surface area (Å²) in [4.78, 5) is 32.4. The van der Waals surface area contributed by atoms with Crippen molar-refractivity contribution in [2.75, 3.05) is 44.7 Å². The summed E-state index contributed by atoms with van der Waals surface area (Å²) in [7, 11) is 1.68. The van der Waals surface area contributed by atoms with Gasteiger partial charge in [-0.2, -0.15) is 0 Å². The zero-order chi connectivity index (χ0) is 22.3. The molecular formula is C26H33N3O3. The predicted molar refractivity (Wildman–Crippen MR) is 126 cm³/mol. The highest BCUT2D eigenvalue weighted by molar-refractivity contribution is 5.86. The van der Waals surface area contributed by atoms with Gasteiger partial charge < -0.3 is 19.4 Å². The molecule has 4 rings (SSSR count). The number of amides is 2. The SMILES string of the molecule is COc1ccccc1N1CCN(C(=O)C[C@H]2CCCCN(Cc3ccccc3)C2=O)CC1. The van der Waals surface area contributed by atoms with Crippen LogP contribution in [-0.4, -0.2) is 61.4 Å². The number of hydrogen-bond donors (Lipinski definition) is 0. The summed E-state index contributed by atoms with van der Waals surface area (Å²) in [5.74, 6) is 0.882. The second kappa shape index (κ2) is 10.5. The maximum atomic E-state index is 13.2. The number of para-hydroxylation sites is 2. The van der Waals surface area contributed by atoms with E-state index in [-0.39, 0.29) is 17.7 Å². The molecule has 2 saturated heterocycles. The Morgan fingerprint density at radius 3 is 2.41 bits per heavy atom. The zero-order valence-corrected chi connectivity index (χ0v) is 18.9. The van der Waals surface area contributed by atoms with Gasteiger partial charge in [0, 0.05) is 51.6 Å². The van der Waals surface area contributed by atoms with Crippen LogP contribution in [0.4, 0.5) is 5.69 Å². The van der Waals surface area contributed by atoms with Gasteiger partial charge in [0.1, 0.15) is 5.75 Å². The number of methoxy groups -OCH3 is 1. The van der Waals surface area contributed by atoms with Crippen LogP contribution in [0.15, 0.2) is 54.6 Å². The minimum absolute atomic E-state index is 0.101. The van der Waals surface area contributed by atoms with Crippen molar-refractivity contribution < 1.29 is 14.3 Å². The van der Waals surface area contributed by atoms with Gasteiger partial charge in [-0.25, -0.2) is 0 Å². The van der Waals surface area contributed by atoms with Gasteiger partial charge in [0.25, 0.3) is 0 Å². The van der Waals surface area contributed by atoms with E-state index in [4.69, 9.17) is 4.74 Å². The summed E-state index contributed by atoms with van der Waals surface area (Å²) >= 11 is 0. The van der Waals surface area contributed by atoms with Gasteiger partial charge >= 0.3 is 0 Å². The van der Waals surface area contributed by atoms with Crippen molar-refractivity contribution in [2.45, 2.75) is 32.2 Å². The molecule has 2 heterocycles. The fraction of sp³-hybridized carbons (Fsp3) is 0.462. The molecule has 170 valence electrons. The van der Waals surface area contributed by atoms with Crippen LogP contribution < -0.4 is 9.64 Å². The summed E-state index contributed by atoms with van der Waals surface area (Å²) in [6, 6.07) is 18.1. The Labute approximate surface area is 190 Å². The largest absolute Gasteiger partial charge is 0.495 e. The van der Waals surface area contributed by atoms with E-state index in [0.717, 1.165) is 55.9 Å². The number of hydrogen-bond acceptors (Lipinski definition) is 4. The summed E-state index contributed by atoms with van der Waals surface area (Å²) < 4.78 is 5.49. The lowest BCUT2D eigenvalue weighted by Gasteiger charge is -2.37. The first-order chi connectivity index (χ1) is 15.7. The lowest BCUT2D eigenvalue weighted by molar-refractivity contribution is -0.141. The van der Waals surface area contributed by atoms with Crippen LogP contribution >= 0.6 is 0 Å². The van der Waals surface area contributed by atoms with Crippen molar-refractivity contribution in [1.82, 2.24) is 9.80 Å².